The lowest BCUT2D eigenvalue weighted by molar-refractivity contribution is 0.724. The lowest BCUT2D eigenvalue weighted by Crippen LogP contribution is -2.11. The van der Waals surface area contributed by atoms with Gasteiger partial charge in [-0.05, 0) is 55.4 Å². The second kappa shape index (κ2) is 8.48. The van der Waals surface area contributed by atoms with E-state index in [4.69, 9.17) is 0 Å². The quantitative estimate of drug-likeness (QED) is 0.293. The van der Waals surface area contributed by atoms with Crippen LogP contribution in [0.3, 0.4) is 0 Å². The van der Waals surface area contributed by atoms with Crippen molar-refractivity contribution in [3.05, 3.63) is 71.6 Å². The lowest BCUT2D eigenvalue weighted by atomic mass is 10.1. The second-order valence-corrected chi connectivity index (χ2v) is 9.55. The summed E-state index contributed by atoms with van der Waals surface area (Å²) < 4.78 is 0. The Balaban J connectivity index is 1.44. The van der Waals surface area contributed by atoms with Crippen molar-refractivity contribution < 1.29 is 0 Å². The number of nitrogens with zero attached hydrogens (tertiary/aromatic N) is 4. The van der Waals surface area contributed by atoms with Crippen LogP contribution in [0.1, 0.15) is 17.4 Å². The van der Waals surface area contributed by atoms with Crippen LogP contribution in [0.4, 0.5) is 0 Å². The molecular weight excluding hydrogens is 442 g/mol. The van der Waals surface area contributed by atoms with Crippen molar-refractivity contribution >= 4 is 33.1 Å². The molecule has 0 aromatic carbocycles. The van der Waals surface area contributed by atoms with Gasteiger partial charge < -0.3 is 10.3 Å². The molecule has 0 atom stereocenters. The minimum Gasteiger partial charge on any atom is -0.353 e. The number of aromatic amines is 2. The predicted molar refractivity (Wildman–Crippen MR) is 138 cm³/mol. The third-order valence-electron chi connectivity index (χ3n) is 5.89. The molecule has 0 unspecified atom stereocenters. The van der Waals surface area contributed by atoms with Crippen LogP contribution in [0.25, 0.3) is 55.0 Å². The summed E-state index contributed by atoms with van der Waals surface area (Å²) in [5.41, 5.74) is 7.71. The molecule has 3 N–H and O–H groups in total. The molecule has 34 heavy (non-hydrogen) atoms. The summed E-state index contributed by atoms with van der Waals surface area (Å²) in [6.07, 6.45) is 7.43. The zero-order valence-electron chi connectivity index (χ0n) is 18.9. The standard InChI is InChI=1S/C26H23N7S/c1-3-27-11-16-8-17(13-28-12-16)21-9-19-23(14-30-21)32-33-25(19)22-10-18-20(31-22)6-7-29-26(18)24-5-4-15(2)34-24/h4-10,12-14,27,31H,3,11H2,1-2H3,(H,32,33). The van der Waals surface area contributed by atoms with Crippen LogP contribution >= 0.6 is 11.3 Å². The summed E-state index contributed by atoms with van der Waals surface area (Å²) >= 11 is 1.75. The van der Waals surface area contributed by atoms with Gasteiger partial charge in [0.2, 0.25) is 0 Å². The fraction of sp³-hybridized carbons (Fsp3) is 0.154. The highest BCUT2D eigenvalue weighted by atomic mass is 32.1. The molecule has 6 aromatic heterocycles. The Hall–Kier alpha value is -3.88. The van der Waals surface area contributed by atoms with Crippen LogP contribution < -0.4 is 5.32 Å². The average Bonchev–Trinajstić information content (AvgIpc) is 3.59. The Labute approximate surface area is 200 Å². The van der Waals surface area contributed by atoms with Crippen LogP contribution in [0.15, 0.2) is 61.2 Å². The zero-order chi connectivity index (χ0) is 23.1. The molecule has 0 spiro atoms. The first-order valence-electron chi connectivity index (χ1n) is 11.2. The largest absolute Gasteiger partial charge is 0.353 e. The maximum Gasteiger partial charge on any atom is 0.116 e. The number of aryl methyl sites for hydroxylation is 1. The summed E-state index contributed by atoms with van der Waals surface area (Å²) in [5, 5.41) is 13.2. The molecule has 7 nitrogen and oxygen atoms in total. The van der Waals surface area contributed by atoms with Crippen molar-refractivity contribution in [1.82, 2.24) is 35.5 Å². The molecule has 6 heterocycles. The van der Waals surface area contributed by atoms with E-state index in [1.54, 1.807) is 11.3 Å². The minimum atomic E-state index is 0.783. The van der Waals surface area contributed by atoms with Crippen molar-refractivity contribution in [3.8, 4) is 33.2 Å². The molecule has 0 fully saturated rings. The number of hydrogen-bond acceptors (Lipinski definition) is 6. The molecular formula is C26H23N7S. The van der Waals surface area contributed by atoms with Gasteiger partial charge in [-0.2, -0.15) is 5.10 Å². The van der Waals surface area contributed by atoms with Gasteiger partial charge in [0.1, 0.15) is 5.69 Å². The number of nitrogens with one attached hydrogen (secondary N) is 3. The summed E-state index contributed by atoms with van der Waals surface area (Å²) in [5.74, 6) is 0. The maximum atomic E-state index is 4.67. The van der Waals surface area contributed by atoms with Crippen LogP contribution in [0.2, 0.25) is 0 Å². The molecule has 6 aromatic rings. The predicted octanol–water partition coefficient (Wildman–Crippen LogP) is 5.71. The molecule has 0 amide bonds. The number of rotatable bonds is 6. The Morgan fingerprint density at radius 2 is 1.85 bits per heavy atom. The van der Waals surface area contributed by atoms with Gasteiger partial charge >= 0.3 is 0 Å². The Morgan fingerprint density at radius 1 is 0.941 bits per heavy atom. The number of aromatic nitrogens is 6. The van der Waals surface area contributed by atoms with Gasteiger partial charge in [0, 0.05) is 51.9 Å². The first-order valence-corrected chi connectivity index (χ1v) is 12.1. The Morgan fingerprint density at radius 3 is 2.71 bits per heavy atom. The van der Waals surface area contributed by atoms with E-state index in [1.807, 2.05) is 30.9 Å². The molecule has 0 saturated heterocycles. The van der Waals surface area contributed by atoms with Gasteiger partial charge in [-0.3, -0.25) is 20.1 Å². The highest BCUT2D eigenvalue weighted by Gasteiger charge is 2.16. The van der Waals surface area contributed by atoms with Gasteiger partial charge in [0.15, 0.2) is 0 Å². The topological polar surface area (TPSA) is 95.2 Å². The fourth-order valence-electron chi connectivity index (χ4n) is 4.21. The molecule has 6 rings (SSSR count). The highest BCUT2D eigenvalue weighted by Crippen LogP contribution is 2.35. The van der Waals surface area contributed by atoms with Gasteiger partial charge in [0.05, 0.1) is 33.7 Å². The zero-order valence-corrected chi connectivity index (χ0v) is 19.7. The van der Waals surface area contributed by atoms with E-state index in [-0.39, 0.29) is 0 Å². The number of pyridine rings is 3. The second-order valence-electron chi connectivity index (χ2n) is 8.26. The van der Waals surface area contributed by atoms with Crippen LogP contribution in [-0.2, 0) is 6.54 Å². The Kier molecular flexibility index (Phi) is 5.16. The molecule has 0 aliphatic heterocycles. The van der Waals surface area contributed by atoms with Gasteiger partial charge in [-0.1, -0.05) is 6.92 Å². The molecule has 8 heteroatoms. The van der Waals surface area contributed by atoms with E-state index < -0.39 is 0 Å². The Bertz CT molecular complexity index is 1630. The lowest BCUT2D eigenvalue weighted by Gasteiger charge is -2.05. The van der Waals surface area contributed by atoms with Crippen molar-refractivity contribution in [2.24, 2.45) is 0 Å². The molecule has 168 valence electrons. The first kappa shape index (κ1) is 20.7. The van der Waals surface area contributed by atoms with Crippen molar-refractivity contribution in [1.29, 1.82) is 0 Å². The van der Waals surface area contributed by atoms with E-state index in [9.17, 15) is 0 Å². The van der Waals surface area contributed by atoms with Crippen molar-refractivity contribution in [2.75, 3.05) is 6.54 Å². The minimum absolute atomic E-state index is 0.783. The summed E-state index contributed by atoms with van der Waals surface area (Å²) in [7, 11) is 0. The number of hydrogen-bond donors (Lipinski definition) is 3. The molecule has 0 bridgehead atoms. The van der Waals surface area contributed by atoms with Crippen molar-refractivity contribution in [3.63, 3.8) is 0 Å². The molecule has 0 aliphatic carbocycles. The first-order chi connectivity index (χ1) is 16.7. The fourth-order valence-corrected chi connectivity index (χ4v) is 5.09. The van der Waals surface area contributed by atoms with Crippen LogP contribution in [0.5, 0.6) is 0 Å². The summed E-state index contributed by atoms with van der Waals surface area (Å²) in [6.45, 7) is 5.91. The van der Waals surface area contributed by atoms with Gasteiger partial charge in [-0.15, -0.1) is 11.3 Å². The number of fused-ring (bicyclic) bond motifs is 2. The highest BCUT2D eigenvalue weighted by molar-refractivity contribution is 7.15. The van der Waals surface area contributed by atoms with Crippen LogP contribution in [-0.4, -0.2) is 36.7 Å². The van der Waals surface area contributed by atoms with E-state index in [1.165, 1.54) is 4.88 Å². The molecule has 0 aliphatic rings. The normalized spacial score (nSPS) is 11.6. The van der Waals surface area contributed by atoms with E-state index in [2.05, 4.69) is 79.6 Å². The van der Waals surface area contributed by atoms with Gasteiger partial charge in [-0.25, -0.2) is 0 Å². The smallest absolute Gasteiger partial charge is 0.116 e. The monoisotopic (exact) mass is 465 g/mol. The van der Waals surface area contributed by atoms with E-state index >= 15 is 0 Å². The molecule has 0 saturated carbocycles. The maximum absolute atomic E-state index is 4.67. The van der Waals surface area contributed by atoms with Crippen LogP contribution in [0, 0.1) is 6.92 Å². The summed E-state index contributed by atoms with van der Waals surface area (Å²) in [4.78, 5) is 19.7. The third-order valence-corrected chi connectivity index (χ3v) is 6.90. The molecule has 0 radical (unpaired) electrons. The number of H-pyrrole nitrogens is 2. The SMILES string of the molecule is CCNCc1cncc(-c2cc3c(-c4cc5c(-c6ccc(C)s6)nccc5[nH]4)n[nH]c3cn2)c1. The number of thiophene rings is 1. The van der Waals surface area contributed by atoms with E-state index in [0.29, 0.717) is 0 Å². The van der Waals surface area contributed by atoms with Gasteiger partial charge in [0.25, 0.3) is 0 Å². The van der Waals surface area contributed by atoms with E-state index in [0.717, 1.165) is 73.7 Å². The average molecular weight is 466 g/mol. The third kappa shape index (κ3) is 3.67. The summed E-state index contributed by atoms with van der Waals surface area (Å²) in [6, 6.07) is 12.6. The van der Waals surface area contributed by atoms with Crippen molar-refractivity contribution in [2.45, 2.75) is 20.4 Å².